The monoisotopic (exact) mass is 285 g/mol. The largest absolute Gasteiger partial charge is 0.382 e. The molecule has 0 spiro atoms. The lowest BCUT2D eigenvalue weighted by Gasteiger charge is -2.12. The quantitative estimate of drug-likeness (QED) is 0.581. The van der Waals surface area contributed by atoms with Crippen molar-refractivity contribution in [3.8, 4) is 0 Å². The second-order valence-electron chi connectivity index (χ2n) is 4.75. The maximum Gasteiger partial charge on any atom is 0.167 e. The predicted octanol–water partition coefficient (Wildman–Crippen LogP) is 1.18. The van der Waals surface area contributed by atoms with Crippen molar-refractivity contribution in [1.82, 2.24) is 25.5 Å². The molecule has 1 atom stereocenters. The van der Waals surface area contributed by atoms with E-state index in [9.17, 15) is 0 Å². The van der Waals surface area contributed by atoms with Gasteiger partial charge in [-0.2, -0.15) is 0 Å². The summed E-state index contributed by atoms with van der Waals surface area (Å²) in [7, 11) is 1.68. The van der Waals surface area contributed by atoms with Crippen molar-refractivity contribution in [3.05, 3.63) is 5.82 Å². The maximum absolute atomic E-state index is 5.43. The summed E-state index contributed by atoms with van der Waals surface area (Å²) in [6.45, 7) is 8.10. The summed E-state index contributed by atoms with van der Waals surface area (Å²) in [5.41, 5.74) is 0. The van der Waals surface area contributed by atoms with E-state index < -0.39 is 0 Å². The first-order chi connectivity index (χ1) is 9.79. The number of hydrogen-bond donors (Lipinski definition) is 1. The van der Waals surface area contributed by atoms with Gasteiger partial charge in [-0.25, -0.2) is 4.68 Å². The van der Waals surface area contributed by atoms with Gasteiger partial charge in [0.2, 0.25) is 0 Å². The predicted molar refractivity (Wildman–Crippen MR) is 76.5 cm³/mol. The van der Waals surface area contributed by atoms with Crippen LogP contribution >= 0.6 is 0 Å². The lowest BCUT2D eigenvalue weighted by Crippen LogP contribution is -2.23. The van der Waals surface area contributed by atoms with Crippen molar-refractivity contribution < 1.29 is 9.47 Å². The number of ether oxygens (including phenoxy) is 2. The highest BCUT2D eigenvalue weighted by atomic mass is 16.5. The summed E-state index contributed by atoms with van der Waals surface area (Å²) in [5, 5.41) is 15.3. The molecule has 1 aromatic rings. The van der Waals surface area contributed by atoms with Gasteiger partial charge >= 0.3 is 0 Å². The summed E-state index contributed by atoms with van der Waals surface area (Å²) in [4.78, 5) is 0. The van der Waals surface area contributed by atoms with Crippen molar-refractivity contribution in [2.75, 3.05) is 33.5 Å². The Morgan fingerprint density at radius 2 is 2.10 bits per heavy atom. The molecular weight excluding hydrogens is 258 g/mol. The zero-order valence-corrected chi connectivity index (χ0v) is 12.8. The van der Waals surface area contributed by atoms with Gasteiger partial charge in [0.25, 0.3) is 0 Å². The summed E-state index contributed by atoms with van der Waals surface area (Å²) >= 11 is 0. The Labute approximate surface area is 121 Å². The molecule has 0 saturated carbocycles. The van der Waals surface area contributed by atoms with Gasteiger partial charge < -0.3 is 14.8 Å². The van der Waals surface area contributed by atoms with E-state index in [0.717, 1.165) is 44.8 Å². The number of unbranched alkanes of at least 4 members (excludes halogenated alkanes) is 1. The molecule has 0 aromatic carbocycles. The second-order valence-corrected chi connectivity index (χ2v) is 4.75. The molecule has 0 aliphatic heterocycles. The summed E-state index contributed by atoms with van der Waals surface area (Å²) in [6, 6.07) is 0.183. The van der Waals surface area contributed by atoms with E-state index >= 15 is 0 Å². The first-order valence-electron chi connectivity index (χ1n) is 7.35. The minimum absolute atomic E-state index is 0.183. The fourth-order valence-electron chi connectivity index (χ4n) is 1.84. The number of nitrogens with zero attached hydrogens (tertiary/aromatic N) is 4. The molecule has 0 saturated heterocycles. The minimum atomic E-state index is 0.183. The normalized spacial score (nSPS) is 12.8. The number of aromatic nitrogens is 4. The molecule has 1 aromatic heterocycles. The fourth-order valence-corrected chi connectivity index (χ4v) is 1.84. The molecule has 0 aliphatic carbocycles. The van der Waals surface area contributed by atoms with Gasteiger partial charge in [0.15, 0.2) is 5.82 Å². The number of hydrogen-bond acceptors (Lipinski definition) is 6. The van der Waals surface area contributed by atoms with Crippen LogP contribution in [0.5, 0.6) is 0 Å². The van der Waals surface area contributed by atoms with Crippen LogP contribution in [0.15, 0.2) is 0 Å². The van der Waals surface area contributed by atoms with E-state index in [1.54, 1.807) is 7.11 Å². The lowest BCUT2D eigenvalue weighted by molar-refractivity contribution is 0.0683. The van der Waals surface area contributed by atoms with E-state index in [-0.39, 0.29) is 6.04 Å². The Balaban J connectivity index is 2.22. The number of tetrazole rings is 1. The third-order valence-electron chi connectivity index (χ3n) is 2.99. The highest BCUT2D eigenvalue weighted by molar-refractivity contribution is 4.89. The van der Waals surface area contributed by atoms with Crippen molar-refractivity contribution in [2.45, 2.75) is 45.7 Å². The molecule has 1 heterocycles. The van der Waals surface area contributed by atoms with Crippen molar-refractivity contribution in [2.24, 2.45) is 0 Å². The van der Waals surface area contributed by atoms with Crippen LogP contribution < -0.4 is 5.32 Å². The van der Waals surface area contributed by atoms with Crippen molar-refractivity contribution >= 4 is 0 Å². The topological polar surface area (TPSA) is 74.1 Å². The molecule has 0 bridgehead atoms. The summed E-state index contributed by atoms with van der Waals surface area (Å²) in [5.74, 6) is 0.902. The van der Waals surface area contributed by atoms with Crippen LogP contribution in [0.2, 0.25) is 0 Å². The van der Waals surface area contributed by atoms with Crippen LogP contribution in [0, 0.1) is 0 Å². The Kier molecular flexibility index (Phi) is 9.10. The minimum Gasteiger partial charge on any atom is -0.382 e. The third-order valence-corrected chi connectivity index (χ3v) is 2.99. The fraction of sp³-hybridized carbons (Fsp3) is 0.923. The molecule has 1 N–H and O–H groups in total. The van der Waals surface area contributed by atoms with Crippen molar-refractivity contribution in [1.29, 1.82) is 0 Å². The number of methoxy groups -OCH3 is 1. The van der Waals surface area contributed by atoms with Gasteiger partial charge in [-0.15, -0.1) is 5.10 Å². The van der Waals surface area contributed by atoms with E-state index in [2.05, 4.69) is 34.7 Å². The zero-order valence-electron chi connectivity index (χ0n) is 12.8. The van der Waals surface area contributed by atoms with E-state index in [4.69, 9.17) is 9.47 Å². The first kappa shape index (κ1) is 17.0. The van der Waals surface area contributed by atoms with Gasteiger partial charge in [-0.05, 0) is 43.2 Å². The molecule has 7 heteroatoms. The molecule has 20 heavy (non-hydrogen) atoms. The Bertz CT molecular complexity index is 345. The van der Waals surface area contributed by atoms with Crippen LogP contribution in [0.1, 0.15) is 45.0 Å². The molecule has 0 aliphatic rings. The van der Waals surface area contributed by atoms with E-state index in [0.29, 0.717) is 13.2 Å². The number of rotatable bonds is 12. The van der Waals surface area contributed by atoms with Crippen molar-refractivity contribution in [3.63, 3.8) is 0 Å². The molecule has 116 valence electrons. The molecule has 7 nitrogen and oxygen atoms in total. The molecule has 1 unspecified atom stereocenters. The van der Waals surface area contributed by atoms with E-state index in [1.807, 2.05) is 4.68 Å². The number of aryl methyl sites for hydroxylation is 1. The van der Waals surface area contributed by atoms with Gasteiger partial charge in [-0.3, -0.25) is 0 Å². The maximum atomic E-state index is 5.43. The SMILES string of the molecule is CCCNC(C)c1nnnn1CCCCOCCOC. The van der Waals surface area contributed by atoms with Gasteiger partial charge in [0, 0.05) is 20.3 Å². The third kappa shape index (κ3) is 6.40. The average Bonchev–Trinajstić information content (AvgIpc) is 2.92. The summed E-state index contributed by atoms with van der Waals surface area (Å²) in [6.07, 6.45) is 3.11. The van der Waals surface area contributed by atoms with Crippen LogP contribution in [0.25, 0.3) is 0 Å². The van der Waals surface area contributed by atoms with Crippen LogP contribution in [-0.4, -0.2) is 53.7 Å². The van der Waals surface area contributed by atoms with Gasteiger partial charge in [0.05, 0.1) is 19.3 Å². The molecular formula is C13H27N5O2. The number of nitrogens with one attached hydrogen (secondary N) is 1. The summed E-state index contributed by atoms with van der Waals surface area (Å²) < 4.78 is 12.2. The van der Waals surface area contributed by atoms with Gasteiger partial charge in [-0.1, -0.05) is 6.92 Å². The van der Waals surface area contributed by atoms with Crippen LogP contribution in [-0.2, 0) is 16.0 Å². The van der Waals surface area contributed by atoms with Crippen LogP contribution in [0.4, 0.5) is 0 Å². The second kappa shape index (κ2) is 10.7. The molecule has 0 amide bonds. The Hall–Kier alpha value is -1.05. The van der Waals surface area contributed by atoms with Gasteiger partial charge in [0.1, 0.15) is 0 Å². The molecule has 0 radical (unpaired) electrons. The molecule has 0 fully saturated rings. The zero-order chi connectivity index (χ0) is 14.6. The van der Waals surface area contributed by atoms with E-state index in [1.165, 1.54) is 0 Å². The first-order valence-corrected chi connectivity index (χ1v) is 7.35. The Morgan fingerprint density at radius 3 is 2.85 bits per heavy atom. The van der Waals surface area contributed by atoms with Crippen LogP contribution in [0.3, 0.4) is 0 Å². The smallest absolute Gasteiger partial charge is 0.167 e. The molecule has 1 rings (SSSR count). The lowest BCUT2D eigenvalue weighted by atomic mass is 10.3. The highest BCUT2D eigenvalue weighted by Crippen LogP contribution is 2.08. The standard InChI is InChI=1S/C13H27N5O2/c1-4-7-14-12(2)13-15-16-17-18(13)8-5-6-9-20-11-10-19-3/h12,14H,4-11H2,1-3H3. The highest BCUT2D eigenvalue weighted by Gasteiger charge is 2.13. The average molecular weight is 285 g/mol. The Morgan fingerprint density at radius 1 is 1.25 bits per heavy atom.